The molecule has 1 unspecified atom stereocenters. The zero-order valence-corrected chi connectivity index (χ0v) is 15.0. The Morgan fingerprint density at radius 3 is 2.65 bits per heavy atom. The molecule has 0 saturated carbocycles. The molecule has 0 fully saturated rings. The Balaban J connectivity index is 1.81. The molecule has 136 valence electrons. The average Bonchev–Trinajstić information content (AvgIpc) is 3.01. The summed E-state index contributed by atoms with van der Waals surface area (Å²) in [5.41, 5.74) is 2.98. The number of hydrogen-bond acceptors (Lipinski definition) is 2. The van der Waals surface area contributed by atoms with Crippen molar-refractivity contribution in [3.05, 3.63) is 65.4 Å². The van der Waals surface area contributed by atoms with Crippen molar-refractivity contribution in [2.75, 3.05) is 6.54 Å². The van der Waals surface area contributed by atoms with Crippen LogP contribution in [0.3, 0.4) is 0 Å². The molecule has 1 aliphatic rings. The van der Waals surface area contributed by atoms with Gasteiger partial charge < -0.3 is 4.98 Å². The lowest BCUT2D eigenvalue weighted by molar-refractivity contribution is 0.296. The number of sulfonamides is 1. The highest BCUT2D eigenvalue weighted by molar-refractivity contribution is 7.89. The lowest BCUT2D eigenvalue weighted by Gasteiger charge is -2.34. The first-order chi connectivity index (χ1) is 12.4. The van der Waals surface area contributed by atoms with Crippen molar-refractivity contribution in [1.29, 1.82) is 0 Å². The van der Waals surface area contributed by atoms with Crippen molar-refractivity contribution in [3.63, 3.8) is 0 Å². The lowest BCUT2D eigenvalue weighted by atomic mass is 9.98. The quantitative estimate of drug-likeness (QED) is 0.747. The molecule has 2 aromatic carbocycles. The fraction of sp³-hybridized carbons (Fsp3) is 0.263. The van der Waals surface area contributed by atoms with Crippen LogP contribution < -0.4 is 0 Å². The van der Waals surface area contributed by atoms with E-state index in [4.69, 9.17) is 0 Å². The van der Waals surface area contributed by atoms with E-state index < -0.39 is 21.7 Å². The van der Waals surface area contributed by atoms with Gasteiger partial charge in [0.2, 0.25) is 10.0 Å². The first-order valence-electron chi connectivity index (χ1n) is 8.50. The van der Waals surface area contributed by atoms with Crippen molar-refractivity contribution in [3.8, 4) is 0 Å². The van der Waals surface area contributed by atoms with Crippen LogP contribution in [-0.2, 0) is 16.4 Å². The van der Waals surface area contributed by atoms with E-state index in [-0.39, 0.29) is 10.9 Å². The Morgan fingerprint density at radius 1 is 1.15 bits per heavy atom. The maximum absolute atomic E-state index is 13.6. The van der Waals surface area contributed by atoms with E-state index in [0.717, 1.165) is 40.4 Å². The fourth-order valence-corrected chi connectivity index (χ4v) is 5.45. The summed E-state index contributed by atoms with van der Waals surface area (Å²) in [6.45, 7) is 2.22. The van der Waals surface area contributed by atoms with Gasteiger partial charge in [0.05, 0.1) is 10.9 Å². The van der Waals surface area contributed by atoms with Gasteiger partial charge in [-0.05, 0) is 42.7 Å². The molecule has 1 N–H and O–H groups in total. The minimum absolute atomic E-state index is 0.227. The summed E-state index contributed by atoms with van der Waals surface area (Å²) in [6.07, 6.45) is 1.14. The van der Waals surface area contributed by atoms with Crippen molar-refractivity contribution in [1.82, 2.24) is 9.29 Å². The van der Waals surface area contributed by atoms with E-state index in [1.807, 2.05) is 31.2 Å². The molecule has 4 rings (SSSR count). The molecule has 0 radical (unpaired) electrons. The Hall–Kier alpha value is -2.25. The number of hydrogen-bond donors (Lipinski definition) is 1. The minimum Gasteiger partial charge on any atom is -0.357 e. The normalized spacial score (nSPS) is 18.2. The molecule has 1 aliphatic heterocycles. The second-order valence-corrected chi connectivity index (χ2v) is 8.32. The highest BCUT2D eigenvalue weighted by Crippen LogP contribution is 2.39. The highest BCUT2D eigenvalue weighted by Gasteiger charge is 2.37. The van der Waals surface area contributed by atoms with Gasteiger partial charge in [-0.2, -0.15) is 4.31 Å². The predicted molar refractivity (Wildman–Crippen MR) is 95.3 cm³/mol. The van der Waals surface area contributed by atoms with Crippen LogP contribution in [0.2, 0.25) is 0 Å². The van der Waals surface area contributed by atoms with Gasteiger partial charge >= 0.3 is 0 Å². The monoisotopic (exact) mass is 376 g/mol. The summed E-state index contributed by atoms with van der Waals surface area (Å²) in [6, 6.07) is 10.2. The van der Waals surface area contributed by atoms with Crippen LogP contribution in [0.1, 0.15) is 30.6 Å². The van der Waals surface area contributed by atoms with Crippen molar-refractivity contribution < 1.29 is 17.2 Å². The van der Waals surface area contributed by atoms with Crippen LogP contribution in [0, 0.1) is 11.6 Å². The molecule has 0 spiro atoms. The number of benzene rings is 2. The van der Waals surface area contributed by atoms with Gasteiger partial charge in [0.15, 0.2) is 11.6 Å². The third-order valence-electron chi connectivity index (χ3n) is 4.99. The summed E-state index contributed by atoms with van der Waals surface area (Å²) in [7, 11) is -3.94. The maximum atomic E-state index is 13.6. The topological polar surface area (TPSA) is 53.2 Å². The van der Waals surface area contributed by atoms with E-state index in [9.17, 15) is 17.2 Å². The largest absolute Gasteiger partial charge is 0.357 e. The number of fused-ring (bicyclic) bond motifs is 3. The van der Waals surface area contributed by atoms with E-state index in [1.165, 1.54) is 4.31 Å². The highest BCUT2D eigenvalue weighted by atomic mass is 32.2. The van der Waals surface area contributed by atoms with Gasteiger partial charge in [0.25, 0.3) is 0 Å². The Morgan fingerprint density at radius 2 is 1.92 bits per heavy atom. The van der Waals surface area contributed by atoms with Crippen LogP contribution in [-0.4, -0.2) is 24.3 Å². The van der Waals surface area contributed by atoms with E-state index in [2.05, 4.69) is 4.98 Å². The van der Waals surface area contributed by atoms with Gasteiger partial charge in [-0.25, -0.2) is 17.2 Å². The summed E-state index contributed by atoms with van der Waals surface area (Å²) in [5.74, 6) is -2.23. The first kappa shape index (κ1) is 17.2. The fourth-order valence-electron chi connectivity index (χ4n) is 3.76. The second-order valence-electron chi connectivity index (χ2n) is 6.43. The third kappa shape index (κ3) is 2.54. The molecule has 4 nitrogen and oxygen atoms in total. The number of nitrogens with zero attached hydrogens (tertiary/aromatic N) is 1. The molecule has 0 saturated heterocycles. The van der Waals surface area contributed by atoms with Crippen molar-refractivity contribution in [2.24, 2.45) is 0 Å². The van der Waals surface area contributed by atoms with Crippen LogP contribution in [0.25, 0.3) is 10.9 Å². The number of aromatic nitrogens is 1. The molecule has 1 aromatic heterocycles. The molecule has 7 heteroatoms. The molecule has 26 heavy (non-hydrogen) atoms. The number of rotatable bonds is 3. The van der Waals surface area contributed by atoms with E-state index in [0.29, 0.717) is 19.4 Å². The second kappa shape index (κ2) is 6.17. The van der Waals surface area contributed by atoms with Gasteiger partial charge in [-0.1, -0.05) is 25.1 Å². The number of halogens is 2. The predicted octanol–water partition coefficient (Wildman–Crippen LogP) is 4.14. The third-order valence-corrected chi connectivity index (χ3v) is 6.90. The molecule has 1 atom stereocenters. The summed E-state index contributed by atoms with van der Waals surface area (Å²) in [4.78, 5) is 3.12. The molecule has 3 aromatic rings. The number of para-hydroxylation sites is 1. The number of nitrogens with one attached hydrogen (secondary N) is 1. The summed E-state index contributed by atoms with van der Waals surface area (Å²) in [5, 5.41) is 1.10. The Labute approximate surface area is 150 Å². The SMILES string of the molecule is CCC1c2[nH]c3ccccc3c2CCN1S(=O)(=O)c1ccc(F)c(F)c1. The molecular formula is C19H18F2N2O2S. The average molecular weight is 376 g/mol. The number of H-pyrrole nitrogens is 1. The van der Waals surface area contributed by atoms with Crippen LogP contribution in [0.15, 0.2) is 47.4 Å². The molecule has 0 aliphatic carbocycles. The van der Waals surface area contributed by atoms with Gasteiger partial charge in [0, 0.05) is 23.1 Å². The van der Waals surface area contributed by atoms with Crippen molar-refractivity contribution in [2.45, 2.75) is 30.7 Å². The van der Waals surface area contributed by atoms with Crippen LogP contribution in [0.4, 0.5) is 8.78 Å². The number of aromatic amines is 1. The Kier molecular flexibility index (Phi) is 4.08. The Bertz CT molecular complexity index is 1090. The zero-order chi connectivity index (χ0) is 18.5. The minimum atomic E-state index is -3.94. The van der Waals surface area contributed by atoms with Gasteiger partial charge in [-0.15, -0.1) is 0 Å². The maximum Gasteiger partial charge on any atom is 0.243 e. The summed E-state index contributed by atoms with van der Waals surface area (Å²) < 4.78 is 54.3. The molecular weight excluding hydrogens is 358 g/mol. The molecule has 2 heterocycles. The van der Waals surface area contributed by atoms with Gasteiger partial charge in [0.1, 0.15) is 0 Å². The standard InChI is InChI=1S/C19H18F2N2O2S/c1-2-18-19-14(13-5-3-4-6-17(13)22-19)9-10-23(18)26(24,25)12-7-8-15(20)16(21)11-12/h3-8,11,18,22H,2,9-10H2,1H3. The van der Waals surface area contributed by atoms with Gasteiger partial charge in [-0.3, -0.25) is 0 Å². The van der Waals surface area contributed by atoms with Crippen molar-refractivity contribution >= 4 is 20.9 Å². The smallest absolute Gasteiger partial charge is 0.243 e. The molecule has 0 bridgehead atoms. The molecule has 0 amide bonds. The van der Waals surface area contributed by atoms with E-state index in [1.54, 1.807) is 0 Å². The van der Waals surface area contributed by atoms with Crippen LogP contribution >= 0.6 is 0 Å². The lowest BCUT2D eigenvalue weighted by Crippen LogP contribution is -2.39. The zero-order valence-electron chi connectivity index (χ0n) is 14.2. The van der Waals surface area contributed by atoms with E-state index >= 15 is 0 Å². The summed E-state index contributed by atoms with van der Waals surface area (Å²) >= 11 is 0. The first-order valence-corrected chi connectivity index (χ1v) is 9.94. The van der Waals surface area contributed by atoms with Crippen LogP contribution in [0.5, 0.6) is 0 Å².